The van der Waals surface area contributed by atoms with E-state index in [2.05, 4.69) is 11.9 Å². The van der Waals surface area contributed by atoms with E-state index in [1.54, 1.807) is 6.92 Å². The molecule has 17 heavy (non-hydrogen) atoms. The molecular formula is C13H21NO3. The Morgan fingerprint density at radius 1 is 1.35 bits per heavy atom. The van der Waals surface area contributed by atoms with Gasteiger partial charge in [0.2, 0.25) is 6.41 Å². The van der Waals surface area contributed by atoms with Crippen LogP contribution in [0.1, 0.15) is 32.6 Å². The van der Waals surface area contributed by atoms with Crippen molar-refractivity contribution in [3.63, 3.8) is 0 Å². The Hall–Kier alpha value is -1.32. The fourth-order valence-electron chi connectivity index (χ4n) is 2.13. The van der Waals surface area contributed by atoms with E-state index in [-0.39, 0.29) is 5.97 Å². The smallest absolute Gasteiger partial charge is 0.333 e. The third kappa shape index (κ3) is 5.02. The Labute approximate surface area is 102 Å². The monoisotopic (exact) mass is 239 g/mol. The minimum absolute atomic E-state index is 0.297. The van der Waals surface area contributed by atoms with Crippen molar-refractivity contribution in [2.75, 3.05) is 13.2 Å². The van der Waals surface area contributed by atoms with Crippen LogP contribution in [0.5, 0.6) is 0 Å². The first kappa shape index (κ1) is 13.7. The van der Waals surface area contributed by atoms with Crippen molar-refractivity contribution in [2.24, 2.45) is 11.8 Å². The number of amides is 1. The van der Waals surface area contributed by atoms with Crippen LogP contribution in [-0.4, -0.2) is 25.5 Å². The highest BCUT2D eigenvalue weighted by Gasteiger charge is 2.22. The van der Waals surface area contributed by atoms with E-state index in [4.69, 9.17) is 4.74 Å². The number of esters is 1. The van der Waals surface area contributed by atoms with Crippen LogP contribution in [0.2, 0.25) is 0 Å². The van der Waals surface area contributed by atoms with Gasteiger partial charge in [-0.2, -0.15) is 0 Å². The molecule has 96 valence electrons. The molecule has 0 aromatic carbocycles. The number of ether oxygens (including phenoxy) is 1. The van der Waals surface area contributed by atoms with E-state index in [1.807, 2.05) is 0 Å². The summed E-state index contributed by atoms with van der Waals surface area (Å²) in [4.78, 5) is 21.4. The third-order valence-electron chi connectivity index (χ3n) is 3.25. The molecule has 1 fully saturated rings. The van der Waals surface area contributed by atoms with Gasteiger partial charge in [-0.05, 0) is 44.4 Å². The van der Waals surface area contributed by atoms with E-state index < -0.39 is 0 Å². The van der Waals surface area contributed by atoms with Crippen LogP contribution in [0.3, 0.4) is 0 Å². The van der Waals surface area contributed by atoms with Crippen LogP contribution in [0.4, 0.5) is 0 Å². The molecule has 0 aliphatic heterocycles. The number of nitrogens with one attached hydrogen (secondary N) is 1. The zero-order chi connectivity index (χ0) is 12.7. The van der Waals surface area contributed by atoms with Crippen molar-refractivity contribution >= 4 is 12.4 Å². The quantitative estimate of drug-likeness (QED) is 0.435. The van der Waals surface area contributed by atoms with Crippen LogP contribution in [0.25, 0.3) is 0 Å². The molecule has 1 saturated carbocycles. The molecule has 0 radical (unpaired) electrons. The highest BCUT2D eigenvalue weighted by molar-refractivity contribution is 5.86. The van der Waals surface area contributed by atoms with Crippen molar-refractivity contribution < 1.29 is 14.3 Å². The molecule has 0 bridgehead atoms. The van der Waals surface area contributed by atoms with Gasteiger partial charge in [0.1, 0.15) is 0 Å². The lowest BCUT2D eigenvalue weighted by molar-refractivity contribution is -0.140. The number of carbonyl (C=O) groups excluding carboxylic acids is 2. The molecule has 4 nitrogen and oxygen atoms in total. The van der Waals surface area contributed by atoms with Gasteiger partial charge < -0.3 is 10.1 Å². The molecule has 0 saturated heterocycles. The highest BCUT2D eigenvalue weighted by atomic mass is 16.5. The molecule has 1 rings (SSSR count). The lowest BCUT2D eigenvalue weighted by Gasteiger charge is -2.27. The zero-order valence-electron chi connectivity index (χ0n) is 10.4. The third-order valence-corrected chi connectivity index (χ3v) is 3.25. The maximum atomic E-state index is 11.2. The van der Waals surface area contributed by atoms with Crippen molar-refractivity contribution in [3.05, 3.63) is 12.2 Å². The van der Waals surface area contributed by atoms with Crippen LogP contribution >= 0.6 is 0 Å². The second kappa shape index (κ2) is 7.09. The molecule has 1 amide bonds. The van der Waals surface area contributed by atoms with Gasteiger partial charge in [-0.15, -0.1) is 0 Å². The molecule has 1 N–H and O–H groups in total. The molecule has 0 heterocycles. The number of rotatable bonds is 6. The van der Waals surface area contributed by atoms with Gasteiger partial charge in [0, 0.05) is 12.1 Å². The van der Waals surface area contributed by atoms with Crippen LogP contribution in [0, 0.1) is 11.8 Å². The zero-order valence-corrected chi connectivity index (χ0v) is 10.4. The maximum absolute atomic E-state index is 11.2. The van der Waals surface area contributed by atoms with Crippen LogP contribution < -0.4 is 5.32 Å². The van der Waals surface area contributed by atoms with Gasteiger partial charge in [-0.1, -0.05) is 6.58 Å². The molecule has 0 spiro atoms. The van der Waals surface area contributed by atoms with Crippen molar-refractivity contribution in [2.45, 2.75) is 32.6 Å². The minimum Gasteiger partial charge on any atom is -0.462 e. The van der Waals surface area contributed by atoms with Gasteiger partial charge in [0.15, 0.2) is 0 Å². The first-order valence-electron chi connectivity index (χ1n) is 6.13. The second-order valence-corrected chi connectivity index (χ2v) is 4.79. The molecule has 0 aromatic rings. The largest absolute Gasteiger partial charge is 0.462 e. The van der Waals surface area contributed by atoms with Crippen molar-refractivity contribution in [1.29, 1.82) is 0 Å². The topological polar surface area (TPSA) is 55.4 Å². The Morgan fingerprint density at radius 3 is 2.47 bits per heavy atom. The molecule has 1 aliphatic rings. The first-order valence-corrected chi connectivity index (χ1v) is 6.13. The summed E-state index contributed by atoms with van der Waals surface area (Å²) in [6.07, 6.45) is 5.07. The Kier molecular flexibility index (Phi) is 5.73. The summed E-state index contributed by atoms with van der Waals surface area (Å²) < 4.78 is 5.15. The van der Waals surface area contributed by atoms with E-state index >= 15 is 0 Å². The van der Waals surface area contributed by atoms with E-state index in [0.29, 0.717) is 24.0 Å². The average molecular weight is 239 g/mol. The molecule has 1 aliphatic carbocycles. The number of hydrogen-bond donors (Lipinski definition) is 1. The molecule has 0 unspecified atom stereocenters. The van der Waals surface area contributed by atoms with Crippen molar-refractivity contribution in [3.8, 4) is 0 Å². The van der Waals surface area contributed by atoms with Gasteiger partial charge in [-0.25, -0.2) is 4.79 Å². The predicted molar refractivity (Wildman–Crippen MR) is 65.3 cm³/mol. The highest BCUT2D eigenvalue weighted by Crippen LogP contribution is 2.28. The summed E-state index contributed by atoms with van der Waals surface area (Å²) in [6, 6.07) is 0. The second-order valence-electron chi connectivity index (χ2n) is 4.79. The first-order chi connectivity index (χ1) is 8.13. The molecule has 4 heteroatoms. The SMILES string of the molecule is C=C(C)C(=O)OCC1CCC(CNC=O)CC1. The normalized spacial score (nSPS) is 23.8. The van der Waals surface area contributed by atoms with Crippen molar-refractivity contribution in [1.82, 2.24) is 5.32 Å². The van der Waals surface area contributed by atoms with E-state index in [1.165, 1.54) is 0 Å². The van der Waals surface area contributed by atoms with Gasteiger partial charge in [-0.3, -0.25) is 4.79 Å². The van der Waals surface area contributed by atoms with Crippen LogP contribution in [0.15, 0.2) is 12.2 Å². The summed E-state index contributed by atoms with van der Waals surface area (Å²) in [6.45, 7) is 6.47. The summed E-state index contributed by atoms with van der Waals surface area (Å²) >= 11 is 0. The molecular weight excluding hydrogens is 218 g/mol. The lowest BCUT2D eigenvalue weighted by Crippen LogP contribution is -2.27. The Bertz CT molecular complexity index is 280. The average Bonchev–Trinajstić information content (AvgIpc) is 2.34. The Balaban J connectivity index is 2.16. The van der Waals surface area contributed by atoms with Crippen LogP contribution in [-0.2, 0) is 14.3 Å². The fraction of sp³-hybridized carbons (Fsp3) is 0.692. The van der Waals surface area contributed by atoms with Gasteiger partial charge >= 0.3 is 5.97 Å². The fourth-order valence-corrected chi connectivity index (χ4v) is 2.13. The minimum atomic E-state index is -0.297. The van der Waals surface area contributed by atoms with E-state index in [0.717, 1.165) is 38.6 Å². The lowest BCUT2D eigenvalue weighted by atomic mass is 9.82. The number of carbonyl (C=O) groups is 2. The Morgan fingerprint density at radius 2 is 1.94 bits per heavy atom. The predicted octanol–water partition coefficient (Wildman–Crippen LogP) is 1.66. The maximum Gasteiger partial charge on any atom is 0.333 e. The standard InChI is InChI=1S/C13H21NO3/c1-10(2)13(16)17-8-12-5-3-11(4-6-12)7-14-9-15/h9,11-12H,1,3-8H2,2H3,(H,14,15). The summed E-state index contributed by atoms with van der Waals surface area (Å²) in [5, 5.41) is 2.72. The summed E-state index contributed by atoms with van der Waals surface area (Å²) in [7, 11) is 0. The van der Waals surface area contributed by atoms with Gasteiger partial charge in [0.05, 0.1) is 6.61 Å². The van der Waals surface area contributed by atoms with Gasteiger partial charge in [0.25, 0.3) is 0 Å². The van der Waals surface area contributed by atoms with E-state index in [9.17, 15) is 9.59 Å². The summed E-state index contributed by atoms with van der Waals surface area (Å²) in [5.74, 6) is 0.744. The molecule has 0 aromatic heterocycles. The number of hydrogen-bond acceptors (Lipinski definition) is 3. The molecule has 0 atom stereocenters. The summed E-state index contributed by atoms with van der Waals surface area (Å²) in [5.41, 5.74) is 0.453.